The van der Waals surface area contributed by atoms with E-state index in [1.165, 1.54) is 6.07 Å². The van der Waals surface area contributed by atoms with E-state index in [0.717, 1.165) is 18.4 Å². The molecule has 164 valence electrons. The molecule has 2 heterocycles. The average Bonchev–Trinajstić information content (AvgIpc) is 2.72. The Bertz CT molecular complexity index is 1160. The smallest absolute Gasteiger partial charge is 0.344 e. The van der Waals surface area contributed by atoms with Crippen molar-refractivity contribution < 1.29 is 23.1 Å². The Morgan fingerprint density at radius 3 is 2.97 bits per heavy atom. The highest BCUT2D eigenvalue weighted by Gasteiger charge is 2.28. The number of carbonyl (C=O) groups excluding carboxylic acids is 1. The first-order valence-corrected chi connectivity index (χ1v) is 11.4. The summed E-state index contributed by atoms with van der Waals surface area (Å²) >= 11 is 0. The fourth-order valence-electron chi connectivity index (χ4n) is 3.92. The number of fused-ring (bicyclic) bond motifs is 1. The third kappa shape index (κ3) is 4.43. The molecule has 0 aromatic heterocycles. The highest BCUT2D eigenvalue weighted by atomic mass is 32.2. The molecule has 0 spiro atoms. The van der Waals surface area contributed by atoms with E-state index >= 15 is 0 Å². The lowest BCUT2D eigenvalue weighted by atomic mass is 9.97. The van der Waals surface area contributed by atoms with Crippen LogP contribution in [0.2, 0.25) is 0 Å². The number of anilines is 1. The van der Waals surface area contributed by atoms with Crippen LogP contribution in [0, 0.1) is 12.8 Å². The molecule has 0 saturated carbocycles. The number of aryl methyl sites for hydroxylation is 1. The summed E-state index contributed by atoms with van der Waals surface area (Å²) in [4.78, 5) is 14.6. The Morgan fingerprint density at radius 1 is 1.35 bits per heavy atom. The Balaban J connectivity index is 1.46. The third-order valence-electron chi connectivity index (χ3n) is 5.40. The SMILES string of the molecule is Cc1ccc(O)c(C(=O)N2CCC[C@H](COc3cccc4c3C(N)=NS(=O)(=O)N4)C2)c1. The van der Waals surface area contributed by atoms with Gasteiger partial charge in [0, 0.05) is 19.0 Å². The van der Waals surface area contributed by atoms with Crippen molar-refractivity contribution in [3.8, 4) is 11.5 Å². The largest absolute Gasteiger partial charge is 0.507 e. The number of nitrogens with one attached hydrogen (secondary N) is 1. The molecule has 9 nitrogen and oxygen atoms in total. The minimum absolute atomic E-state index is 0.0258. The monoisotopic (exact) mass is 444 g/mol. The number of likely N-dealkylation sites (tertiary alicyclic amines) is 1. The first-order valence-electron chi connectivity index (χ1n) is 9.97. The van der Waals surface area contributed by atoms with Gasteiger partial charge in [0.05, 0.1) is 23.4 Å². The molecular weight excluding hydrogens is 420 g/mol. The quantitative estimate of drug-likeness (QED) is 0.660. The first kappa shape index (κ1) is 21.0. The Kier molecular flexibility index (Phi) is 5.48. The molecule has 1 saturated heterocycles. The van der Waals surface area contributed by atoms with Crippen molar-refractivity contribution in [1.82, 2.24) is 4.90 Å². The standard InChI is InChI=1S/C21H24N4O5S/c1-13-7-8-17(26)15(10-13)21(27)25-9-3-4-14(11-25)12-30-18-6-2-5-16-19(18)20(22)24-31(28,29)23-16/h2,5-8,10,14,23,26H,3-4,9,11-12H2,1H3,(H2,22,24)/t14-/m0/s1. The van der Waals surface area contributed by atoms with Gasteiger partial charge in [-0.15, -0.1) is 4.40 Å². The second-order valence-electron chi connectivity index (χ2n) is 7.82. The van der Waals surface area contributed by atoms with Gasteiger partial charge in [0.15, 0.2) is 5.84 Å². The van der Waals surface area contributed by atoms with Gasteiger partial charge in [0.25, 0.3) is 5.91 Å². The number of hydrogen-bond acceptors (Lipinski definition) is 6. The molecule has 2 aromatic rings. The second-order valence-corrected chi connectivity index (χ2v) is 9.16. The van der Waals surface area contributed by atoms with Crippen LogP contribution in [0.3, 0.4) is 0 Å². The molecule has 0 aliphatic carbocycles. The van der Waals surface area contributed by atoms with E-state index in [1.54, 1.807) is 35.2 Å². The normalized spacial score (nSPS) is 19.7. The van der Waals surface area contributed by atoms with Crippen molar-refractivity contribution in [2.24, 2.45) is 16.0 Å². The molecule has 0 radical (unpaired) electrons. The number of phenols is 1. The van der Waals surface area contributed by atoms with Gasteiger partial charge in [-0.2, -0.15) is 8.42 Å². The molecule has 0 bridgehead atoms. The molecule has 1 atom stereocenters. The molecule has 0 unspecified atom stereocenters. The maximum Gasteiger partial charge on any atom is 0.344 e. The van der Waals surface area contributed by atoms with Crippen LogP contribution < -0.4 is 15.2 Å². The van der Waals surface area contributed by atoms with Gasteiger partial charge >= 0.3 is 10.2 Å². The van der Waals surface area contributed by atoms with Crippen molar-refractivity contribution in [2.75, 3.05) is 24.4 Å². The van der Waals surface area contributed by atoms with Gasteiger partial charge in [-0.05, 0) is 44.0 Å². The number of benzene rings is 2. The van der Waals surface area contributed by atoms with Crippen molar-refractivity contribution in [1.29, 1.82) is 0 Å². The molecule has 10 heteroatoms. The molecule has 2 aromatic carbocycles. The molecule has 2 aliphatic heterocycles. The van der Waals surface area contributed by atoms with Crippen LogP contribution >= 0.6 is 0 Å². The van der Waals surface area contributed by atoms with Crippen LogP contribution in [0.5, 0.6) is 11.5 Å². The highest BCUT2D eigenvalue weighted by Crippen LogP contribution is 2.31. The number of amidine groups is 1. The Morgan fingerprint density at radius 2 is 2.16 bits per heavy atom. The van der Waals surface area contributed by atoms with Crippen molar-refractivity contribution >= 4 is 27.6 Å². The summed E-state index contributed by atoms with van der Waals surface area (Å²) in [5, 5.41) is 10.1. The van der Waals surface area contributed by atoms with E-state index in [9.17, 15) is 18.3 Å². The summed E-state index contributed by atoms with van der Waals surface area (Å²) in [7, 11) is -3.85. The minimum Gasteiger partial charge on any atom is -0.507 e. The number of hydrogen-bond donors (Lipinski definition) is 3. The van der Waals surface area contributed by atoms with Gasteiger partial charge in [-0.25, -0.2) is 0 Å². The van der Waals surface area contributed by atoms with E-state index in [2.05, 4.69) is 9.12 Å². The van der Waals surface area contributed by atoms with Crippen LogP contribution in [0.1, 0.15) is 34.3 Å². The summed E-state index contributed by atoms with van der Waals surface area (Å²) in [5.74, 6) is 0.162. The van der Waals surface area contributed by atoms with Crippen LogP contribution in [-0.4, -0.2) is 49.9 Å². The fourth-order valence-corrected chi connectivity index (χ4v) is 4.77. The van der Waals surface area contributed by atoms with E-state index in [-0.39, 0.29) is 23.4 Å². The third-order valence-corrected chi connectivity index (χ3v) is 6.32. The highest BCUT2D eigenvalue weighted by molar-refractivity contribution is 7.91. The number of aromatic hydroxyl groups is 1. The van der Waals surface area contributed by atoms with Gasteiger partial charge in [-0.1, -0.05) is 17.7 Å². The zero-order valence-electron chi connectivity index (χ0n) is 17.0. The van der Waals surface area contributed by atoms with Crippen LogP contribution in [0.15, 0.2) is 40.8 Å². The lowest BCUT2D eigenvalue weighted by Crippen LogP contribution is -2.41. The number of ether oxygens (including phenoxy) is 1. The molecule has 1 fully saturated rings. The Hall–Kier alpha value is -3.27. The zero-order chi connectivity index (χ0) is 22.2. The molecular formula is C21H24N4O5S. The van der Waals surface area contributed by atoms with E-state index in [4.69, 9.17) is 10.5 Å². The molecule has 4 N–H and O–H groups in total. The van der Waals surface area contributed by atoms with Crippen LogP contribution in [-0.2, 0) is 10.2 Å². The predicted octanol–water partition coefficient (Wildman–Crippen LogP) is 2.01. The second kappa shape index (κ2) is 8.10. The van der Waals surface area contributed by atoms with Crippen LogP contribution in [0.4, 0.5) is 5.69 Å². The lowest BCUT2D eigenvalue weighted by Gasteiger charge is -2.33. The number of carbonyl (C=O) groups is 1. The molecule has 4 rings (SSSR count). The summed E-state index contributed by atoms with van der Waals surface area (Å²) in [6.45, 7) is 3.32. The van der Waals surface area contributed by atoms with Gasteiger partial charge in [-0.3, -0.25) is 9.52 Å². The average molecular weight is 445 g/mol. The number of piperidine rings is 1. The van der Waals surface area contributed by atoms with E-state index in [0.29, 0.717) is 42.3 Å². The molecule has 31 heavy (non-hydrogen) atoms. The predicted molar refractivity (Wildman–Crippen MR) is 117 cm³/mol. The number of nitrogens with two attached hydrogens (primary N) is 1. The molecule has 2 aliphatic rings. The van der Waals surface area contributed by atoms with Gasteiger partial charge in [0.1, 0.15) is 11.5 Å². The number of rotatable bonds is 4. The van der Waals surface area contributed by atoms with Crippen molar-refractivity contribution in [2.45, 2.75) is 19.8 Å². The maximum atomic E-state index is 12.9. The fraction of sp³-hybridized carbons (Fsp3) is 0.333. The summed E-state index contributed by atoms with van der Waals surface area (Å²) < 4.78 is 35.3. The van der Waals surface area contributed by atoms with Crippen molar-refractivity contribution in [3.63, 3.8) is 0 Å². The number of phenolic OH excluding ortho intramolecular Hbond substituents is 1. The minimum atomic E-state index is -3.85. The van der Waals surface area contributed by atoms with E-state index < -0.39 is 10.2 Å². The number of amides is 1. The Labute approximate surface area is 180 Å². The summed E-state index contributed by atoms with van der Waals surface area (Å²) in [6, 6.07) is 9.96. The number of nitrogens with zero attached hydrogens (tertiary/aromatic N) is 2. The molecule has 1 amide bonds. The lowest BCUT2D eigenvalue weighted by molar-refractivity contribution is 0.0630. The van der Waals surface area contributed by atoms with Crippen LogP contribution in [0.25, 0.3) is 0 Å². The topological polar surface area (TPSA) is 134 Å². The van der Waals surface area contributed by atoms with E-state index in [1.807, 2.05) is 6.92 Å². The maximum absolute atomic E-state index is 12.9. The van der Waals surface area contributed by atoms with Gasteiger partial charge in [0.2, 0.25) is 0 Å². The van der Waals surface area contributed by atoms with Crippen molar-refractivity contribution in [3.05, 3.63) is 53.1 Å². The summed E-state index contributed by atoms with van der Waals surface area (Å²) in [5.41, 5.74) is 7.79. The summed E-state index contributed by atoms with van der Waals surface area (Å²) in [6.07, 6.45) is 1.71. The van der Waals surface area contributed by atoms with Gasteiger partial charge < -0.3 is 20.5 Å². The zero-order valence-corrected chi connectivity index (χ0v) is 17.9. The first-order chi connectivity index (χ1) is 14.7.